The van der Waals surface area contributed by atoms with E-state index >= 15 is 0 Å². The number of anilines is 1. The third kappa shape index (κ3) is 4.82. The lowest BCUT2D eigenvalue weighted by Gasteiger charge is -2.26. The highest BCUT2D eigenvalue weighted by Crippen LogP contribution is 2.31. The summed E-state index contributed by atoms with van der Waals surface area (Å²) in [5.74, 6) is 0.203. The van der Waals surface area contributed by atoms with Crippen LogP contribution in [-0.4, -0.2) is 38.3 Å². The second-order valence-electron chi connectivity index (χ2n) is 7.08. The minimum absolute atomic E-state index is 0.176. The van der Waals surface area contributed by atoms with Crippen molar-refractivity contribution in [2.75, 3.05) is 25.0 Å². The van der Waals surface area contributed by atoms with Crippen molar-refractivity contribution in [3.63, 3.8) is 0 Å². The van der Waals surface area contributed by atoms with Crippen LogP contribution in [0.1, 0.15) is 53.2 Å². The Morgan fingerprint density at radius 3 is 2.52 bits per heavy atom. The number of benzene rings is 1. The molecule has 1 aliphatic heterocycles. The number of aryl methyl sites for hydroxylation is 2. The molecule has 1 aromatic heterocycles. The average molecular weight is 437 g/mol. The van der Waals surface area contributed by atoms with Crippen molar-refractivity contribution in [3.05, 3.63) is 39.6 Å². The topological polar surface area (TPSA) is 75.7 Å². The smallest absolute Gasteiger partial charge is 0.265 e. The molecule has 1 amide bonds. The van der Waals surface area contributed by atoms with E-state index in [1.165, 1.54) is 26.6 Å². The van der Waals surface area contributed by atoms with Gasteiger partial charge in [0.15, 0.2) is 0 Å². The maximum atomic E-state index is 13.0. The van der Waals surface area contributed by atoms with Crippen LogP contribution in [0.15, 0.2) is 29.2 Å². The van der Waals surface area contributed by atoms with E-state index in [4.69, 9.17) is 4.74 Å². The van der Waals surface area contributed by atoms with Crippen LogP contribution in [0.25, 0.3) is 0 Å². The molecular formula is C21H28N2O4S2. The summed E-state index contributed by atoms with van der Waals surface area (Å²) in [5.41, 5.74) is 1.47. The molecule has 3 rings (SSSR count). The van der Waals surface area contributed by atoms with Crippen molar-refractivity contribution in [1.82, 2.24) is 4.31 Å². The van der Waals surface area contributed by atoms with Crippen LogP contribution in [0.4, 0.5) is 5.69 Å². The molecule has 1 saturated heterocycles. The first-order valence-corrected chi connectivity index (χ1v) is 12.3. The molecule has 0 unspecified atom stereocenters. The van der Waals surface area contributed by atoms with Crippen LogP contribution in [0.5, 0.6) is 5.75 Å². The first-order chi connectivity index (χ1) is 13.9. The Balaban J connectivity index is 1.91. The number of thiophene rings is 1. The van der Waals surface area contributed by atoms with E-state index < -0.39 is 10.0 Å². The summed E-state index contributed by atoms with van der Waals surface area (Å²) in [5, 5.41) is 2.86. The molecule has 29 heavy (non-hydrogen) atoms. The predicted octanol–water partition coefficient (Wildman–Crippen LogP) is 4.44. The van der Waals surface area contributed by atoms with Crippen molar-refractivity contribution in [3.8, 4) is 5.75 Å². The van der Waals surface area contributed by atoms with Crippen LogP contribution in [-0.2, 0) is 16.4 Å². The van der Waals surface area contributed by atoms with Crippen molar-refractivity contribution >= 4 is 33.0 Å². The minimum atomic E-state index is -3.59. The molecule has 0 atom stereocenters. The highest BCUT2D eigenvalue weighted by atomic mass is 32.2. The number of carbonyl (C=O) groups is 1. The summed E-state index contributed by atoms with van der Waals surface area (Å²) in [6.45, 7) is 7.38. The van der Waals surface area contributed by atoms with Gasteiger partial charge in [-0.15, -0.1) is 11.3 Å². The Morgan fingerprint density at radius 2 is 1.90 bits per heavy atom. The van der Waals surface area contributed by atoms with Crippen molar-refractivity contribution in [2.24, 2.45) is 0 Å². The number of nitrogens with one attached hydrogen (secondary N) is 1. The molecule has 0 aliphatic carbocycles. The number of hydrogen-bond donors (Lipinski definition) is 1. The van der Waals surface area contributed by atoms with Gasteiger partial charge in [-0.25, -0.2) is 8.42 Å². The number of amides is 1. The summed E-state index contributed by atoms with van der Waals surface area (Å²) in [7, 11) is -3.59. The van der Waals surface area contributed by atoms with Crippen molar-refractivity contribution in [1.29, 1.82) is 0 Å². The van der Waals surface area contributed by atoms with E-state index in [1.54, 1.807) is 12.1 Å². The van der Waals surface area contributed by atoms with E-state index in [9.17, 15) is 13.2 Å². The molecule has 1 N–H and O–H groups in total. The van der Waals surface area contributed by atoms with Gasteiger partial charge in [0.25, 0.3) is 5.91 Å². The molecule has 8 heteroatoms. The number of hydrogen-bond acceptors (Lipinski definition) is 5. The summed E-state index contributed by atoms with van der Waals surface area (Å²) in [4.78, 5) is 14.7. The second-order valence-corrected chi connectivity index (χ2v) is 10.2. The van der Waals surface area contributed by atoms with Gasteiger partial charge < -0.3 is 10.1 Å². The summed E-state index contributed by atoms with van der Waals surface area (Å²) in [6, 6.07) is 6.55. The standard InChI is InChI=1S/C21H28N2O4S2/c1-4-19-15(3)13-20(28-19)21(24)22-17-14-16(9-10-18(17)27-5-2)29(25,26)23-11-7-6-8-12-23/h9-10,13-14H,4-8,11-12H2,1-3H3,(H,22,24). The van der Waals surface area contributed by atoms with Gasteiger partial charge in [-0.05, 0) is 62.9 Å². The van der Waals surface area contributed by atoms with Gasteiger partial charge in [0, 0.05) is 18.0 Å². The molecule has 0 radical (unpaired) electrons. The number of carbonyl (C=O) groups excluding carboxylic acids is 1. The first kappa shape index (κ1) is 21.8. The van der Waals surface area contributed by atoms with Crippen LogP contribution in [0.3, 0.4) is 0 Å². The Labute approximate surface area is 176 Å². The number of ether oxygens (including phenoxy) is 1. The zero-order chi connectivity index (χ0) is 21.0. The van der Waals surface area contributed by atoms with Gasteiger partial charge in [0.2, 0.25) is 10.0 Å². The monoisotopic (exact) mass is 436 g/mol. The maximum Gasteiger partial charge on any atom is 0.265 e. The second kappa shape index (κ2) is 9.28. The zero-order valence-electron chi connectivity index (χ0n) is 17.2. The number of nitrogens with zero attached hydrogens (tertiary/aromatic N) is 1. The van der Waals surface area contributed by atoms with Gasteiger partial charge in [-0.1, -0.05) is 13.3 Å². The lowest BCUT2D eigenvalue weighted by molar-refractivity contribution is 0.103. The highest BCUT2D eigenvalue weighted by molar-refractivity contribution is 7.89. The number of piperidine rings is 1. The van der Waals surface area contributed by atoms with Crippen molar-refractivity contribution < 1.29 is 17.9 Å². The van der Waals surface area contributed by atoms with E-state index in [2.05, 4.69) is 12.2 Å². The van der Waals surface area contributed by atoms with Gasteiger partial charge in [0.1, 0.15) is 5.75 Å². The van der Waals surface area contributed by atoms with E-state index in [0.717, 1.165) is 31.2 Å². The van der Waals surface area contributed by atoms with E-state index in [1.807, 2.05) is 19.9 Å². The van der Waals surface area contributed by atoms with Crippen LogP contribution in [0, 0.1) is 6.92 Å². The van der Waals surface area contributed by atoms with Gasteiger partial charge >= 0.3 is 0 Å². The predicted molar refractivity (Wildman–Crippen MR) is 117 cm³/mol. The lowest BCUT2D eigenvalue weighted by Crippen LogP contribution is -2.35. The maximum absolute atomic E-state index is 13.0. The Morgan fingerprint density at radius 1 is 1.17 bits per heavy atom. The summed E-state index contributed by atoms with van der Waals surface area (Å²) < 4.78 is 33.2. The fourth-order valence-electron chi connectivity index (χ4n) is 3.47. The van der Waals surface area contributed by atoms with Crippen LogP contribution >= 0.6 is 11.3 Å². The molecule has 1 aromatic carbocycles. The molecule has 1 aliphatic rings. The highest BCUT2D eigenvalue weighted by Gasteiger charge is 2.27. The lowest BCUT2D eigenvalue weighted by atomic mass is 10.2. The van der Waals surface area contributed by atoms with E-state index in [0.29, 0.717) is 36.0 Å². The SMILES string of the molecule is CCOc1ccc(S(=O)(=O)N2CCCCC2)cc1NC(=O)c1cc(C)c(CC)s1. The Hall–Kier alpha value is -1.90. The molecule has 0 bridgehead atoms. The molecule has 0 saturated carbocycles. The Kier molecular flexibility index (Phi) is 6.97. The quantitative estimate of drug-likeness (QED) is 0.696. The molecule has 158 valence electrons. The normalized spacial score (nSPS) is 15.3. The molecular weight excluding hydrogens is 408 g/mol. The fourth-order valence-corrected chi connectivity index (χ4v) is 6.02. The number of rotatable bonds is 7. The largest absolute Gasteiger partial charge is 0.492 e. The fraction of sp³-hybridized carbons (Fsp3) is 0.476. The first-order valence-electron chi connectivity index (χ1n) is 10.0. The van der Waals surface area contributed by atoms with Crippen LogP contribution < -0.4 is 10.1 Å². The van der Waals surface area contributed by atoms with E-state index in [-0.39, 0.29) is 10.8 Å². The molecule has 2 aromatic rings. The minimum Gasteiger partial charge on any atom is -0.492 e. The van der Waals surface area contributed by atoms with Gasteiger partial charge in [-0.3, -0.25) is 4.79 Å². The van der Waals surface area contributed by atoms with Crippen LogP contribution in [0.2, 0.25) is 0 Å². The van der Waals surface area contributed by atoms with Gasteiger partial charge in [-0.2, -0.15) is 4.31 Å². The van der Waals surface area contributed by atoms with Gasteiger partial charge in [0.05, 0.1) is 22.1 Å². The summed E-state index contributed by atoms with van der Waals surface area (Å²) in [6.07, 6.45) is 3.67. The third-order valence-electron chi connectivity index (χ3n) is 5.02. The molecule has 2 heterocycles. The Bertz CT molecular complexity index is 977. The van der Waals surface area contributed by atoms with Crippen molar-refractivity contribution in [2.45, 2.75) is 51.3 Å². The summed E-state index contributed by atoms with van der Waals surface area (Å²) >= 11 is 1.46. The molecule has 0 spiro atoms. The molecule has 1 fully saturated rings. The average Bonchev–Trinajstić information content (AvgIpc) is 3.11. The third-order valence-corrected chi connectivity index (χ3v) is 8.29. The molecule has 6 nitrogen and oxygen atoms in total. The zero-order valence-corrected chi connectivity index (χ0v) is 18.8. The number of sulfonamides is 1.